The maximum absolute atomic E-state index is 3.12. The zero-order chi connectivity index (χ0) is 8.81. The minimum absolute atomic E-state index is 1.02. The Hall–Kier alpha value is -1.24. The molecule has 0 aromatic heterocycles. The summed E-state index contributed by atoms with van der Waals surface area (Å²) in [4.78, 5) is 0. The second-order valence-corrected chi connectivity index (χ2v) is 2.72. The molecule has 0 atom stereocenters. The molecule has 64 valence electrons. The molecule has 1 aromatic carbocycles. The second-order valence-electron chi connectivity index (χ2n) is 2.72. The molecule has 0 bridgehead atoms. The van der Waals surface area contributed by atoms with Gasteiger partial charge < -0.3 is 5.32 Å². The molecule has 1 heteroatoms. The summed E-state index contributed by atoms with van der Waals surface area (Å²) in [6, 6.07) is 8.45. The van der Waals surface area contributed by atoms with Crippen molar-refractivity contribution in [1.29, 1.82) is 0 Å². The highest BCUT2D eigenvalue weighted by molar-refractivity contribution is 5.45. The molecule has 0 spiro atoms. The van der Waals surface area contributed by atoms with Crippen LogP contribution in [0, 0.1) is 0 Å². The molecular formula is C11H15N. The summed E-state index contributed by atoms with van der Waals surface area (Å²) in [5, 5.41) is 3.12. The van der Waals surface area contributed by atoms with Gasteiger partial charge in [-0.05, 0) is 31.0 Å². The molecular weight excluding hydrogens is 146 g/mol. The van der Waals surface area contributed by atoms with Crippen LogP contribution in [0.2, 0.25) is 0 Å². The van der Waals surface area contributed by atoms with Crippen molar-refractivity contribution >= 4 is 5.69 Å². The Morgan fingerprint density at radius 2 is 2.25 bits per heavy atom. The molecule has 12 heavy (non-hydrogen) atoms. The van der Waals surface area contributed by atoms with Crippen LogP contribution < -0.4 is 5.32 Å². The number of allylic oxidation sites excluding steroid dienone is 2. The van der Waals surface area contributed by atoms with Gasteiger partial charge >= 0.3 is 0 Å². The quantitative estimate of drug-likeness (QED) is 0.672. The smallest absolute Gasteiger partial charge is 0.0340 e. The van der Waals surface area contributed by atoms with E-state index in [0.29, 0.717) is 0 Å². The molecule has 0 heterocycles. The topological polar surface area (TPSA) is 12.0 Å². The first-order valence-corrected chi connectivity index (χ1v) is 4.24. The van der Waals surface area contributed by atoms with Crippen LogP contribution in [0.1, 0.15) is 12.5 Å². The number of anilines is 1. The van der Waals surface area contributed by atoms with E-state index < -0.39 is 0 Å². The van der Waals surface area contributed by atoms with Crippen LogP contribution in [0.4, 0.5) is 5.69 Å². The number of benzene rings is 1. The van der Waals surface area contributed by atoms with Gasteiger partial charge in [-0.1, -0.05) is 24.3 Å². The Labute approximate surface area is 74.1 Å². The monoisotopic (exact) mass is 161 g/mol. The molecule has 1 N–H and O–H groups in total. The minimum Gasteiger partial charge on any atom is -0.388 e. The van der Waals surface area contributed by atoms with E-state index in [4.69, 9.17) is 0 Å². The standard InChI is InChI=1S/C11H15N/c1-3-4-6-10-7-5-8-11(9-10)12-2/h3-5,7-9,12H,6H2,1-2H3/b4-3+. The fraction of sp³-hybridized carbons (Fsp3) is 0.273. The summed E-state index contributed by atoms with van der Waals surface area (Å²) in [6.07, 6.45) is 5.26. The van der Waals surface area contributed by atoms with E-state index in [2.05, 4.69) is 41.7 Å². The lowest BCUT2D eigenvalue weighted by Gasteiger charge is -2.01. The molecule has 0 aliphatic heterocycles. The Morgan fingerprint density at radius 1 is 1.42 bits per heavy atom. The average molecular weight is 161 g/mol. The van der Waals surface area contributed by atoms with Crippen LogP contribution in [-0.2, 0) is 6.42 Å². The van der Waals surface area contributed by atoms with E-state index in [-0.39, 0.29) is 0 Å². The SMILES string of the molecule is C/C=C/Cc1cccc(NC)c1. The first-order chi connectivity index (χ1) is 5.86. The first-order valence-electron chi connectivity index (χ1n) is 4.24. The van der Waals surface area contributed by atoms with Gasteiger partial charge in [-0.3, -0.25) is 0 Å². The maximum atomic E-state index is 3.12. The van der Waals surface area contributed by atoms with Crippen molar-refractivity contribution in [1.82, 2.24) is 0 Å². The van der Waals surface area contributed by atoms with Crippen molar-refractivity contribution in [3.05, 3.63) is 42.0 Å². The van der Waals surface area contributed by atoms with Crippen LogP contribution in [-0.4, -0.2) is 7.05 Å². The van der Waals surface area contributed by atoms with Crippen LogP contribution in [0.25, 0.3) is 0 Å². The Bertz CT molecular complexity index is 263. The van der Waals surface area contributed by atoms with E-state index >= 15 is 0 Å². The number of hydrogen-bond donors (Lipinski definition) is 1. The third kappa shape index (κ3) is 2.42. The highest BCUT2D eigenvalue weighted by Gasteiger charge is 1.90. The normalized spacial score (nSPS) is 10.5. The molecule has 1 rings (SSSR count). The predicted molar refractivity (Wildman–Crippen MR) is 54.5 cm³/mol. The molecule has 0 saturated carbocycles. The van der Waals surface area contributed by atoms with Gasteiger partial charge in [0.05, 0.1) is 0 Å². The van der Waals surface area contributed by atoms with Crippen LogP contribution in [0.15, 0.2) is 36.4 Å². The van der Waals surface area contributed by atoms with Crippen molar-refractivity contribution < 1.29 is 0 Å². The largest absolute Gasteiger partial charge is 0.388 e. The molecule has 0 aliphatic rings. The van der Waals surface area contributed by atoms with Gasteiger partial charge in [-0.15, -0.1) is 0 Å². The van der Waals surface area contributed by atoms with Crippen LogP contribution in [0.5, 0.6) is 0 Å². The van der Waals surface area contributed by atoms with Crippen molar-refractivity contribution in [2.45, 2.75) is 13.3 Å². The zero-order valence-corrected chi connectivity index (χ0v) is 7.67. The van der Waals surface area contributed by atoms with Gasteiger partial charge in [-0.2, -0.15) is 0 Å². The Kier molecular flexibility index (Phi) is 3.39. The minimum atomic E-state index is 1.02. The average Bonchev–Trinajstić information content (AvgIpc) is 2.15. The van der Waals surface area contributed by atoms with E-state index in [1.165, 1.54) is 11.3 Å². The number of nitrogens with one attached hydrogen (secondary N) is 1. The lowest BCUT2D eigenvalue weighted by atomic mass is 10.1. The summed E-state index contributed by atoms with van der Waals surface area (Å²) in [5.74, 6) is 0. The van der Waals surface area contributed by atoms with Gasteiger partial charge in [-0.25, -0.2) is 0 Å². The second kappa shape index (κ2) is 4.60. The molecule has 1 aromatic rings. The molecule has 0 fully saturated rings. The summed E-state index contributed by atoms with van der Waals surface area (Å²) >= 11 is 0. The molecule has 1 nitrogen and oxygen atoms in total. The van der Waals surface area contributed by atoms with Crippen molar-refractivity contribution in [3.8, 4) is 0 Å². The van der Waals surface area contributed by atoms with E-state index in [9.17, 15) is 0 Å². The van der Waals surface area contributed by atoms with Gasteiger partial charge in [0.15, 0.2) is 0 Å². The molecule has 0 amide bonds. The Morgan fingerprint density at radius 3 is 2.92 bits per heavy atom. The third-order valence-corrected chi connectivity index (χ3v) is 1.80. The van der Waals surface area contributed by atoms with Crippen molar-refractivity contribution in [3.63, 3.8) is 0 Å². The molecule has 0 aliphatic carbocycles. The lowest BCUT2D eigenvalue weighted by Crippen LogP contribution is -1.89. The first kappa shape index (κ1) is 8.85. The summed E-state index contributed by atoms with van der Waals surface area (Å²) in [5.41, 5.74) is 2.52. The van der Waals surface area contributed by atoms with Crippen LogP contribution >= 0.6 is 0 Å². The van der Waals surface area contributed by atoms with E-state index in [1.54, 1.807) is 0 Å². The van der Waals surface area contributed by atoms with E-state index in [0.717, 1.165) is 6.42 Å². The predicted octanol–water partition coefficient (Wildman–Crippen LogP) is 2.85. The maximum Gasteiger partial charge on any atom is 0.0340 e. The van der Waals surface area contributed by atoms with Crippen molar-refractivity contribution in [2.75, 3.05) is 12.4 Å². The van der Waals surface area contributed by atoms with Gasteiger partial charge in [0.1, 0.15) is 0 Å². The van der Waals surface area contributed by atoms with Gasteiger partial charge in [0.25, 0.3) is 0 Å². The highest BCUT2D eigenvalue weighted by Crippen LogP contribution is 2.10. The van der Waals surface area contributed by atoms with Crippen LogP contribution in [0.3, 0.4) is 0 Å². The summed E-state index contributed by atoms with van der Waals surface area (Å²) < 4.78 is 0. The van der Waals surface area contributed by atoms with Gasteiger partial charge in [0.2, 0.25) is 0 Å². The highest BCUT2D eigenvalue weighted by atomic mass is 14.8. The molecule has 0 saturated heterocycles. The fourth-order valence-electron chi connectivity index (χ4n) is 1.11. The Balaban J connectivity index is 2.72. The van der Waals surface area contributed by atoms with Crippen molar-refractivity contribution in [2.24, 2.45) is 0 Å². The number of rotatable bonds is 3. The van der Waals surface area contributed by atoms with E-state index in [1.807, 2.05) is 14.0 Å². The van der Waals surface area contributed by atoms with Gasteiger partial charge in [0, 0.05) is 12.7 Å². The molecule has 0 unspecified atom stereocenters. The zero-order valence-electron chi connectivity index (χ0n) is 7.67. The fourth-order valence-corrected chi connectivity index (χ4v) is 1.11. The lowest BCUT2D eigenvalue weighted by molar-refractivity contribution is 1.26. The summed E-state index contributed by atoms with van der Waals surface area (Å²) in [6.45, 7) is 2.04. The molecule has 0 radical (unpaired) electrons. The number of hydrogen-bond acceptors (Lipinski definition) is 1. The summed E-state index contributed by atoms with van der Waals surface area (Å²) in [7, 11) is 1.94. The third-order valence-electron chi connectivity index (χ3n) is 1.80.